The summed E-state index contributed by atoms with van der Waals surface area (Å²) in [4.78, 5) is 0. The van der Waals surface area contributed by atoms with Gasteiger partial charge in [-0.15, -0.1) is 0 Å². The highest BCUT2D eigenvalue weighted by Crippen LogP contribution is 2.32. The summed E-state index contributed by atoms with van der Waals surface area (Å²) in [5.74, 6) is 0. The van der Waals surface area contributed by atoms with E-state index in [0.29, 0.717) is 12.1 Å². The van der Waals surface area contributed by atoms with Crippen LogP contribution in [-0.4, -0.2) is 18.2 Å². The average molecular weight is 354 g/mol. The fourth-order valence-corrected chi connectivity index (χ4v) is 3.61. The van der Waals surface area contributed by atoms with Crippen molar-refractivity contribution < 1.29 is 4.74 Å². The van der Waals surface area contributed by atoms with Gasteiger partial charge in [0, 0.05) is 23.2 Å². The van der Waals surface area contributed by atoms with Crippen molar-refractivity contribution in [1.82, 2.24) is 5.32 Å². The van der Waals surface area contributed by atoms with Crippen LogP contribution in [0.4, 0.5) is 0 Å². The molecular weight excluding hydrogens is 326 g/mol. The summed E-state index contributed by atoms with van der Waals surface area (Å²) in [7, 11) is 0. The molecular formula is C18H28BrNO. The van der Waals surface area contributed by atoms with Crippen molar-refractivity contribution in [3.8, 4) is 0 Å². The molecule has 1 N–H and O–H groups in total. The van der Waals surface area contributed by atoms with E-state index in [0.717, 1.165) is 43.2 Å². The summed E-state index contributed by atoms with van der Waals surface area (Å²) in [6, 6.07) is 9.70. The van der Waals surface area contributed by atoms with Crippen molar-refractivity contribution in [3.63, 3.8) is 0 Å². The molecule has 1 aromatic rings. The zero-order valence-electron chi connectivity index (χ0n) is 13.5. The van der Waals surface area contributed by atoms with Crippen LogP contribution in [0.5, 0.6) is 0 Å². The summed E-state index contributed by atoms with van der Waals surface area (Å²) in [6.45, 7) is 7.64. The molecule has 21 heavy (non-hydrogen) atoms. The Labute approximate surface area is 137 Å². The van der Waals surface area contributed by atoms with Crippen molar-refractivity contribution >= 4 is 15.9 Å². The van der Waals surface area contributed by atoms with Crippen molar-refractivity contribution in [2.45, 2.75) is 70.6 Å². The summed E-state index contributed by atoms with van der Waals surface area (Å²) in [5.41, 5.74) is 1.47. The van der Waals surface area contributed by atoms with Gasteiger partial charge in [0.2, 0.25) is 0 Å². The van der Waals surface area contributed by atoms with Crippen LogP contribution in [0.3, 0.4) is 0 Å². The third kappa shape index (κ3) is 4.30. The van der Waals surface area contributed by atoms with E-state index in [1.165, 1.54) is 5.56 Å². The molecule has 2 nitrogen and oxygen atoms in total. The van der Waals surface area contributed by atoms with Crippen LogP contribution in [0.2, 0.25) is 0 Å². The first kappa shape index (κ1) is 17.0. The highest BCUT2D eigenvalue weighted by molar-refractivity contribution is 9.10. The highest BCUT2D eigenvalue weighted by atomic mass is 79.9. The largest absolute Gasteiger partial charge is 0.375 e. The lowest BCUT2D eigenvalue weighted by Gasteiger charge is -2.41. The van der Waals surface area contributed by atoms with Crippen LogP contribution < -0.4 is 5.32 Å². The zero-order chi connectivity index (χ0) is 15.3. The number of ether oxygens (including phenoxy) is 1. The Hall–Kier alpha value is -0.380. The van der Waals surface area contributed by atoms with E-state index in [1.54, 1.807) is 0 Å². The molecule has 0 aromatic heterocycles. The minimum Gasteiger partial charge on any atom is -0.375 e. The Morgan fingerprint density at radius 2 is 1.90 bits per heavy atom. The zero-order valence-corrected chi connectivity index (χ0v) is 15.1. The second kappa shape index (κ2) is 7.75. The van der Waals surface area contributed by atoms with Gasteiger partial charge in [0.15, 0.2) is 0 Å². The fourth-order valence-electron chi connectivity index (χ4n) is 3.34. The lowest BCUT2D eigenvalue weighted by Crippen LogP contribution is -2.47. The number of hydrogen-bond acceptors (Lipinski definition) is 2. The summed E-state index contributed by atoms with van der Waals surface area (Å²) < 4.78 is 7.23. The van der Waals surface area contributed by atoms with Crippen LogP contribution in [0, 0.1) is 0 Å². The van der Waals surface area contributed by atoms with Crippen LogP contribution in [0.25, 0.3) is 0 Å². The predicted molar refractivity (Wildman–Crippen MR) is 92.6 cm³/mol. The molecule has 0 saturated carbocycles. The van der Waals surface area contributed by atoms with E-state index in [4.69, 9.17) is 4.74 Å². The first-order valence-electron chi connectivity index (χ1n) is 8.28. The van der Waals surface area contributed by atoms with E-state index in [2.05, 4.69) is 66.3 Å². The highest BCUT2D eigenvalue weighted by Gasteiger charge is 2.35. The Morgan fingerprint density at radius 3 is 2.48 bits per heavy atom. The van der Waals surface area contributed by atoms with E-state index in [9.17, 15) is 0 Å². The molecule has 1 aliphatic heterocycles. The van der Waals surface area contributed by atoms with E-state index in [-0.39, 0.29) is 5.60 Å². The number of benzene rings is 1. The summed E-state index contributed by atoms with van der Waals surface area (Å²) in [6.07, 6.45) is 5.58. The number of hydrogen-bond donors (Lipinski definition) is 1. The maximum absolute atomic E-state index is 6.08. The van der Waals surface area contributed by atoms with Crippen molar-refractivity contribution in [3.05, 3.63) is 34.3 Å². The number of nitrogens with one attached hydrogen (secondary N) is 1. The molecule has 1 saturated heterocycles. The minimum atomic E-state index is 0.0912. The third-order valence-electron chi connectivity index (χ3n) is 4.90. The van der Waals surface area contributed by atoms with Gasteiger partial charge >= 0.3 is 0 Å². The minimum absolute atomic E-state index is 0.0912. The van der Waals surface area contributed by atoms with E-state index < -0.39 is 0 Å². The van der Waals surface area contributed by atoms with Crippen molar-refractivity contribution in [1.29, 1.82) is 0 Å². The molecule has 0 aliphatic carbocycles. The fraction of sp³-hybridized carbons (Fsp3) is 0.667. The molecule has 0 radical (unpaired) electrons. The van der Waals surface area contributed by atoms with Gasteiger partial charge in [0.05, 0.1) is 5.60 Å². The van der Waals surface area contributed by atoms with E-state index in [1.807, 2.05) is 0 Å². The normalized spacial score (nSPS) is 23.0. The van der Waals surface area contributed by atoms with Crippen LogP contribution in [0.1, 0.15) is 64.5 Å². The monoisotopic (exact) mass is 353 g/mol. The van der Waals surface area contributed by atoms with Crippen molar-refractivity contribution in [2.24, 2.45) is 0 Å². The molecule has 1 fully saturated rings. The Balaban J connectivity index is 2.03. The van der Waals surface area contributed by atoms with Gasteiger partial charge in [-0.25, -0.2) is 0 Å². The van der Waals surface area contributed by atoms with Gasteiger partial charge in [0.25, 0.3) is 0 Å². The maximum atomic E-state index is 6.08. The molecule has 0 amide bonds. The lowest BCUT2D eigenvalue weighted by molar-refractivity contribution is -0.0942. The lowest BCUT2D eigenvalue weighted by atomic mass is 9.85. The van der Waals surface area contributed by atoms with Crippen LogP contribution in [0.15, 0.2) is 28.7 Å². The van der Waals surface area contributed by atoms with Gasteiger partial charge in [-0.2, -0.15) is 0 Å². The molecule has 2 rings (SSSR count). The van der Waals surface area contributed by atoms with Gasteiger partial charge in [-0.05, 0) is 49.8 Å². The second-order valence-corrected chi connectivity index (χ2v) is 7.02. The standard InChI is InChI=1S/C18H28BrNO/c1-4-17(14-7-9-15(19)10-8-14)20-16-11-12-21-18(5-2,6-3)13-16/h7-10,16-17,20H,4-6,11-13H2,1-3H3. The maximum Gasteiger partial charge on any atom is 0.0692 e. The van der Waals surface area contributed by atoms with Crippen LogP contribution >= 0.6 is 15.9 Å². The Kier molecular flexibility index (Phi) is 6.27. The van der Waals surface area contributed by atoms with Gasteiger partial charge in [-0.3, -0.25) is 0 Å². The average Bonchev–Trinajstić information content (AvgIpc) is 2.53. The molecule has 0 spiro atoms. The molecule has 0 bridgehead atoms. The first-order valence-corrected chi connectivity index (χ1v) is 9.07. The molecule has 1 aliphatic rings. The molecule has 118 valence electrons. The summed E-state index contributed by atoms with van der Waals surface area (Å²) in [5, 5.41) is 3.87. The predicted octanol–water partition coefficient (Wildman–Crippen LogP) is 5.23. The Bertz CT molecular complexity index is 427. The van der Waals surface area contributed by atoms with Gasteiger partial charge in [-0.1, -0.05) is 48.8 Å². The molecule has 2 unspecified atom stereocenters. The molecule has 3 heteroatoms. The summed E-state index contributed by atoms with van der Waals surface area (Å²) >= 11 is 3.51. The SMILES string of the molecule is CCC(NC1CCOC(CC)(CC)C1)c1ccc(Br)cc1. The molecule has 1 aromatic carbocycles. The van der Waals surface area contributed by atoms with Gasteiger partial charge in [0.1, 0.15) is 0 Å². The second-order valence-electron chi connectivity index (χ2n) is 6.11. The number of halogens is 1. The Morgan fingerprint density at radius 1 is 1.24 bits per heavy atom. The van der Waals surface area contributed by atoms with Gasteiger partial charge < -0.3 is 10.1 Å². The first-order chi connectivity index (χ1) is 10.1. The van der Waals surface area contributed by atoms with E-state index >= 15 is 0 Å². The quantitative estimate of drug-likeness (QED) is 0.755. The smallest absolute Gasteiger partial charge is 0.0692 e. The molecule has 1 heterocycles. The third-order valence-corrected chi connectivity index (χ3v) is 5.43. The molecule has 2 atom stereocenters. The number of rotatable bonds is 6. The van der Waals surface area contributed by atoms with Crippen LogP contribution in [-0.2, 0) is 4.74 Å². The van der Waals surface area contributed by atoms with Crippen molar-refractivity contribution in [2.75, 3.05) is 6.61 Å². The topological polar surface area (TPSA) is 21.3 Å².